The summed E-state index contributed by atoms with van der Waals surface area (Å²) in [7, 11) is -4.06. The summed E-state index contributed by atoms with van der Waals surface area (Å²) >= 11 is 0. The largest absolute Gasteiger partial charge is 0.392 e. The molecule has 0 aromatic heterocycles. The molecule has 0 fully saturated rings. The van der Waals surface area contributed by atoms with E-state index in [2.05, 4.69) is 0 Å². The Bertz CT molecular complexity index is 706. The van der Waals surface area contributed by atoms with Gasteiger partial charge in [0.05, 0.1) is 11.5 Å². The molecule has 0 saturated carbocycles. The zero-order valence-corrected chi connectivity index (χ0v) is 12.8. The molecule has 1 aliphatic rings. The third-order valence-corrected chi connectivity index (χ3v) is 5.15. The van der Waals surface area contributed by atoms with E-state index in [-0.39, 0.29) is 11.5 Å². The SMILES string of the molecule is Cc1ccc(S(=O)(=O)N2[C@@H](O)C=CC(=O)[C@@H]2/C=C\CO)cc1. The van der Waals surface area contributed by atoms with E-state index in [0.29, 0.717) is 0 Å². The monoisotopic (exact) mass is 323 g/mol. The second-order valence-electron chi connectivity index (χ2n) is 4.88. The molecule has 0 saturated heterocycles. The van der Waals surface area contributed by atoms with Gasteiger partial charge >= 0.3 is 0 Å². The number of hydrogen-bond donors (Lipinski definition) is 2. The van der Waals surface area contributed by atoms with Gasteiger partial charge in [-0.3, -0.25) is 4.79 Å². The molecule has 7 heteroatoms. The molecule has 118 valence electrons. The topological polar surface area (TPSA) is 94.9 Å². The lowest BCUT2D eigenvalue weighted by atomic mass is 10.1. The minimum atomic E-state index is -4.06. The van der Waals surface area contributed by atoms with E-state index in [1.54, 1.807) is 12.1 Å². The van der Waals surface area contributed by atoms with Crippen molar-refractivity contribution in [3.8, 4) is 0 Å². The first-order chi connectivity index (χ1) is 10.4. The van der Waals surface area contributed by atoms with Crippen LogP contribution in [0, 0.1) is 6.92 Å². The minimum absolute atomic E-state index is 0.0114. The van der Waals surface area contributed by atoms with Gasteiger partial charge in [-0.25, -0.2) is 8.42 Å². The van der Waals surface area contributed by atoms with Crippen molar-refractivity contribution in [1.82, 2.24) is 4.31 Å². The first-order valence-corrected chi connectivity index (χ1v) is 8.10. The van der Waals surface area contributed by atoms with E-state index in [1.165, 1.54) is 24.3 Å². The number of sulfonamides is 1. The fraction of sp³-hybridized carbons (Fsp3) is 0.267. The van der Waals surface area contributed by atoms with Gasteiger partial charge in [0, 0.05) is 0 Å². The van der Waals surface area contributed by atoms with E-state index >= 15 is 0 Å². The van der Waals surface area contributed by atoms with Crippen LogP contribution in [0.25, 0.3) is 0 Å². The van der Waals surface area contributed by atoms with Crippen LogP contribution < -0.4 is 0 Å². The van der Waals surface area contributed by atoms with Crippen molar-refractivity contribution in [3.63, 3.8) is 0 Å². The Morgan fingerprint density at radius 3 is 2.50 bits per heavy atom. The van der Waals surface area contributed by atoms with Crippen LogP contribution in [0.5, 0.6) is 0 Å². The molecule has 1 aromatic rings. The van der Waals surface area contributed by atoms with Crippen molar-refractivity contribution in [3.05, 3.63) is 54.1 Å². The Balaban J connectivity index is 2.49. The van der Waals surface area contributed by atoms with Crippen LogP contribution in [0.2, 0.25) is 0 Å². The van der Waals surface area contributed by atoms with Gasteiger partial charge in [0.15, 0.2) is 5.78 Å². The molecule has 0 spiro atoms. The first-order valence-electron chi connectivity index (χ1n) is 6.66. The highest BCUT2D eigenvalue weighted by Crippen LogP contribution is 2.25. The quantitative estimate of drug-likeness (QED) is 0.780. The van der Waals surface area contributed by atoms with Gasteiger partial charge in [-0.05, 0) is 31.2 Å². The van der Waals surface area contributed by atoms with Gasteiger partial charge in [-0.2, -0.15) is 4.31 Å². The summed E-state index contributed by atoms with van der Waals surface area (Å²) in [5.74, 6) is -0.481. The van der Waals surface area contributed by atoms with Crippen LogP contribution >= 0.6 is 0 Å². The van der Waals surface area contributed by atoms with Gasteiger partial charge in [0.25, 0.3) is 0 Å². The Labute approximate surface area is 129 Å². The van der Waals surface area contributed by atoms with Crippen LogP contribution in [-0.4, -0.2) is 47.6 Å². The van der Waals surface area contributed by atoms with Crippen molar-refractivity contribution in [1.29, 1.82) is 0 Å². The number of carbonyl (C=O) groups is 1. The fourth-order valence-electron chi connectivity index (χ4n) is 2.15. The lowest BCUT2D eigenvalue weighted by Crippen LogP contribution is -2.51. The maximum Gasteiger partial charge on any atom is 0.246 e. The number of ketones is 1. The zero-order valence-electron chi connectivity index (χ0n) is 12.0. The number of aliphatic hydroxyl groups excluding tert-OH is 2. The van der Waals surface area contributed by atoms with Crippen molar-refractivity contribution >= 4 is 15.8 Å². The summed E-state index contributed by atoms with van der Waals surface area (Å²) in [5, 5.41) is 18.9. The maximum atomic E-state index is 12.7. The first kappa shape index (κ1) is 16.6. The number of aliphatic hydroxyl groups is 2. The predicted octanol–water partition coefficient (Wildman–Crippen LogP) is 0.360. The molecule has 0 radical (unpaired) electrons. The van der Waals surface area contributed by atoms with E-state index in [4.69, 9.17) is 5.11 Å². The summed E-state index contributed by atoms with van der Waals surface area (Å²) in [5.41, 5.74) is 0.894. The zero-order chi connectivity index (χ0) is 16.3. The van der Waals surface area contributed by atoms with Crippen molar-refractivity contribution in [2.45, 2.75) is 24.1 Å². The molecule has 6 nitrogen and oxygen atoms in total. The van der Waals surface area contributed by atoms with Crippen LogP contribution in [0.3, 0.4) is 0 Å². The minimum Gasteiger partial charge on any atom is -0.392 e. The summed E-state index contributed by atoms with van der Waals surface area (Å²) in [6, 6.07) is 4.94. The van der Waals surface area contributed by atoms with Gasteiger partial charge in [-0.1, -0.05) is 29.8 Å². The molecule has 1 aliphatic heterocycles. The van der Waals surface area contributed by atoms with Crippen LogP contribution in [-0.2, 0) is 14.8 Å². The standard InChI is InChI=1S/C15H17NO5S/c1-11-4-6-12(7-5-11)22(20,21)16-13(3-2-10-17)14(18)8-9-15(16)19/h2-9,13,15,17,19H,10H2,1H3/b3-2-/t13-,15-/m0/s1. The van der Waals surface area contributed by atoms with E-state index in [0.717, 1.165) is 22.0 Å². The van der Waals surface area contributed by atoms with Crippen molar-refractivity contribution < 1.29 is 23.4 Å². The molecule has 0 amide bonds. The average Bonchev–Trinajstić information content (AvgIpc) is 2.48. The Morgan fingerprint density at radius 1 is 1.27 bits per heavy atom. The van der Waals surface area contributed by atoms with Gasteiger partial charge in [-0.15, -0.1) is 0 Å². The van der Waals surface area contributed by atoms with E-state index in [9.17, 15) is 18.3 Å². The average molecular weight is 323 g/mol. The number of nitrogens with zero attached hydrogens (tertiary/aromatic N) is 1. The highest BCUT2D eigenvalue weighted by Gasteiger charge is 2.39. The molecule has 2 rings (SSSR count). The molecular weight excluding hydrogens is 306 g/mol. The van der Waals surface area contributed by atoms with Gasteiger partial charge in [0.2, 0.25) is 10.0 Å². The van der Waals surface area contributed by atoms with Gasteiger partial charge < -0.3 is 10.2 Å². The lowest BCUT2D eigenvalue weighted by molar-refractivity contribution is -0.119. The van der Waals surface area contributed by atoms with Crippen molar-refractivity contribution in [2.75, 3.05) is 6.61 Å². The van der Waals surface area contributed by atoms with Crippen molar-refractivity contribution in [2.24, 2.45) is 0 Å². The summed E-state index contributed by atoms with van der Waals surface area (Å²) < 4.78 is 26.2. The molecule has 2 N–H and O–H groups in total. The molecule has 1 aromatic carbocycles. The Hall–Kier alpha value is -1.80. The summed E-state index contributed by atoms with van der Waals surface area (Å²) in [6.45, 7) is 1.49. The Morgan fingerprint density at radius 2 is 1.91 bits per heavy atom. The molecule has 1 heterocycles. The normalized spacial score (nSPS) is 23.3. The second kappa shape index (κ2) is 6.53. The number of rotatable bonds is 4. The summed E-state index contributed by atoms with van der Waals surface area (Å²) in [6.07, 6.45) is 3.35. The van der Waals surface area contributed by atoms with Gasteiger partial charge in [0.1, 0.15) is 12.3 Å². The maximum absolute atomic E-state index is 12.7. The number of carbonyl (C=O) groups excluding carboxylic acids is 1. The molecule has 0 unspecified atom stereocenters. The van der Waals surface area contributed by atoms with E-state index in [1.807, 2.05) is 6.92 Å². The third kappa shape index (κ3) is 3.17. The highest BCUT2D eigenvalue weighted by molar-refractivity contribution is 7.89. The summed E-state index contributed by atoms with van der Waals surface area (Å²) in [4.78, 5) is 11.9. The smallest absolute Gasteiger partial charge is 0.246 e. The Kier molecular flexibility index (Phi) is 4.92. The van der Waals surface area contributed by atoms with Crippen LogP contribution in [0.1, 0.15) is 5.56 Å². The lowest BCUT2D eigenvalue weighted by Gasteiger charge is -2.32. The van der Waals surface area contributed by atoms with Crippen LogP contribution in [0.15, 0.2) is 53.5 Å². The van der Waals surface area contributed by atoms with E-state index < -0.39 is 28.1 Å². The number of aryl methyl sites for hydroxylation is 1. The number of benzene rings is 1. The second-order valence-corrected chi connectivity index (χ2v) is 6.72. The molecule has 22 heavy (non-hydrogen) atoms. The number of hydrogen-bond acceptors (Lipinski definition) is 5. The fourth-order valence-corrected chi connectivity index (χ4v) is 3.70. The molecular formula is C15H17NO5S. The predicted molar refractivity (Wildman–Crippen MR) is 80.4 cm³/mol. The third-order valence-electron chi connectivity index (χ3n) is 3.28. The van der Waals surface area contributed by atoms with Crippen LogP contribution in [0.4, 0.5) is 0 Å². The molecule has 2 atom stereocenters. The molecule has 0 bridgehead atoms. The molecule has 0 aliphatic carbocycles. The highest BCUT2D eigenvalue weighted by atomic mass is 32.2.